The average Bonchev–Trinajstić information content (AvgIpc) is 2.36. The molecule has 0 atom stereocenters. The summed E-state index contributed by atoms with van der Waals surface area (Å²) < 4.78 is 26.0. The highest BCUT2D eigenvalue weighted by Gasteiger charge is 2.13. The molecular weight excluding hydrogens is 266 g/mol. The molecule has 1 aromatic rings. The molecule has 1 rings (SSSR count). The van der Waals surface area contributed by atoms with E-state index in [0.717, 1.165) is 5.56 Å². The molecular formula is C12H15N3O3S. The molecule has 0 saturated carbocycles. The van der Waals surface area contributed by atoms with Crippen LogP contribution in [0.1, 0.15) is 12.0 Å². The molecule has 0 fully saturated rings. The molecule has 7 heteroatoms. The summed E-state index contributed by atoms with van der Waals surface area (Å²) in [7, 11) is -3.59. The Morgan fingerprint density at radius 2 is 1.95 bits per heavy atom. The molecule has 0 bridgehead atoms. The Balaban J connectivity index is 2.50. The zero-order valence-electron chi connectivity index (χ0n) is 10.5. The summed E-state index contributed by atoms with van der Waals surface area (Å²) in [5.74, 6) is -0.367. The molecule has 0 heterocycles. The molecule has 0 aliphatic heterocycles. The smallest absolute Gasteiger partial charge is 0.240 e. The number of carbonyl (C=O) groups excluding carboxylic acids is 1. The first kappa shape index (κ1) is 15.1. The van der Waals surface area contributed by atoms with Crippen molar-refractivity contribution < 1.29 is 13.2 Å². The molecule has 19 heavy (non-hydrogen) atoms. The normalized spacial score (nSPS) is 10.7. The Kier molecular flexibility index (Phi) is 5.48. The van der Waals surface area contributed by atoms with E-state index < -0.39 is 10.0 Å². The third-order valence-corrected chi connectivity index (χ3v) is 3.82. The summed E-state index contributed by atoms with van der Waals surface area (Å²) in [6, 6.07) is 8.19. The Labute approximate surface area is 112 Å². The number of benzene rings is 1. The molecule has 0 aliphatic rings. The summed E-state index contributed by atoms with van der Waals surface area (Å²) in [6.45, 7) is 1.78. The molecule has 0 spiro atoms. The van der Waals surface area contributed by atoms with Crippen LogP contribution in [0.15, 0.2) is 29.2 Å². The van der Waals surface area contributed by atoms with Gasteiger partial charge in [0.25, 0.3) is 0 Å². The lowest BCUT2D eigenvalue weighted by Gasteiger charge is -2.06. The van der Waals surface area contributed by atoms with E-state index in [9.17, 15) is 13.2 Å². The quantitative estimate of drug-likeness (QED) is 0.733. The van der Waals surface area contributed by atoms with E-state index in [1.807, 2.05) is 6.92 Å². The second kappa shape index (κ2) is 6.87. The number of nitrogens with one attached hydrogen (secondary N) is 2. The first-order valence-corrected chi connectivity index (χ1v) is 7.14. The third kappa shape index (κ3) is 5.07. The van der Waals surface area contributed by atoms with E-state index in [2.05, 4.69) is 10.0 Å². The SMILES string of the molecule is Cc1ccc(S(=O)(=O)NCCC(=O)NCC#N)cc1. The minimum absolute atomic E-state index is 0.00648. The predicted octanol–water partition coefficient (Wildman–Crippen LogP) is 0.303. The zero-order valence-corrected chi connectivity index (χ0v) is 11.3. The number of carbonyl (C=O) groups is 1. The van der Waals surface area contributed by atoms with E-state index in [1.54, 1.807) is 18.2 Å². The van der Waals surface area contributed by atoms with Crippen molar-refractivity contribution in [3.8, 4) is 6.07 Å². The summed E-state index contributed by atoms with van der Waals surface area (Å²) in [5.41, 5.74) is 0.967. The van der Waals surface area contributed by atoms with Crippen LogP contribution in [-0.2, 0) is 14.8 Å². The van der Waals surface area contributed by atoms with Crippen molar-refractivity contribution in [1.82, 2.24) is 10.0 Å². The van der Waals surface area contributed by atoms with Crippen molar-refractivity contribution in [2.45, 2.75) is 18.2 Å². The zero-order chi connectivity index (χ0) is 14.3. The molecule has 102 valence electrons. The van der Waals surface area contributed by atoms with Crippen LogP contribution in [0.4, 0.5) is 0 Å². The lowest BCUT2D eigenvalue weighted by atomic mass is 10.2. The first-order chi connectivity index (χ1) is 8.95. The number of sulfonamides is 1. The standard InChI is InChI=1S/C12H15N3O3S/c1-10-2-4-11(5-3-10)19(17,18)15-8-6-12(16)14-9-7-13/h2-5,15H,6,8-9H2,1H3,(H,14,16). The van der Waals surface area contributed by atoms with Gasteiger partial charge in [-0.3, -0.25) is 4.79 Å². The van der Waals surface area contributed by atoms with Crippen molar-refractivity contribution in [3.63, 3.8) is 0 Å². The molecule has 1 aromatic carbocycles. The van der Waals surface area contributed by atoms with Gasteiger partial charge in [0.15, 0.2) is 0 Å². The van der Waals surface area contributed by atoms with Gasteiger partial charge in [0, 0.05) is 13.0 Å². The molecule has 0 aliphatic carbocycles. The molecule has 0 aromatic heterocycles. The number of amides is 1. The monoisotopic (exact) mass is 281 g/mol. The fraction of sp³-hybridized carbons (Fsp3) is 0.333. The van der Waals surface area contributed by atoms with Crippen LogP contribution in [0.25, 0.3) is 0 Å². The van der Waals surface area contributed by atoms with Crippen LogP contribution in [0.3, 0.4) is 0 Å². The first-order valence-electron chi connectivity index (χ1n) is 5.65. The van der Waals surface area contributed by atoms with Crippen molar-refractivity contribution in [2.75, 3.05) is 13.1 Å². The number of aryl methyl sites for hydroxylation is 1. The molecule has 6 nitrogen and oxygen atoms in total. The molecule has 0 radical (unpaired) electrons. The fourth-order valence-corrected chi connectivity index (χ4v) is 2.36. The van der Waals surface area contributed by atoms with Gasteiger partial charge in [-0.15, -0.1) is 0 Å². The summed E-state index contributed by atoms with van der Waals surface area (Å²) >= 11 is 0. The van der Waals surface area contributed by atoms with Crippen molar-refractivity contribution in [3.05, 3.63) is 29.8 Å². The number of nitriles is 1. The number of rotatable bonds is 6. The van der Waals surface area contributed by atoms with Crippen LogP contribution in [0, 0.1) is 18.3 Å². The van der Waals surface area contributed by atoms with Gasteiger partial charge in [0.1, 0.15) is 6.54 Å². The Hall–Kier alpha value is -1.91. The van der Waals surface area contributed by atoms with Crippen LogP contribution in [-0.4, -0.2) is 27.4 Å². The highest BCUT2D eigenvalue weighted by Crippen LogP contribution is 2.09. The van der Waals surface area contributed by atoms with Gasteiger partial charge < -0.3 is 5.32 Å². The van der Waals surface area contributed by atoms with Gasteiger partial charge in [0.2, 0.25) is 15.9 Å². The van der Waals surface area contributed by atoms with Gasteiger partial charge in [0.05, 0.1) is 11.0 Å². The minimum atomic E-state index is -3.59. The van der Waals surface area contributed by atoms with E-state index in [4.69, 9.17) is 5.26 Å². The molecule has 1 amide bonds. The average molecular weight is 281 g/mol. The maximum Gasteiger partial charge on any atom is 0.240 e. The maximum atomic E-state index is 11.8. The molecule has 2 N–H and O–H groups in total. The summed E-state index contributed by atoms with van der Waals surface area (Å²) in [4.78, 5) is 11.3. The summed E-state index contributed by atoms with van der Waals surface area (Å²) in [5, 5.41) is 10.6. The van der Waals surface area contributed by atoms with Crippen LogP contribution in [0.2, 0.25) is 0 Å². The van der Waals surface area contributed by atoms with Gasteiger partial charge in [-0.05, 0) is 19.1 Å². The fourth-order valence-electron chi connectivity index (χ4n) is 1.33. The molecule has 0 saturated heterocycles. The second-order valence-corrected chi connectivity index (χ2v) is 5.66. The van der Waals surface area contributed by atoms with Gasteiger partial charge >= 0.3 is 0 Å². The summed E-state index contributed by atoms with van der Waals surface area (Å²) in [6.07, 6.45) is -0.00717. The highest BCUT2D eigenvalue weighted by molar-refractivity contribution is 7.89. The highest BCUT2D eigenvalue weighted by atomic mass is 32.2. The largest absolute Gasteiger partial charge is 0.343 e. The second-order valence-electron chi connectivity index (χ2n) is 3.90. The van der Waals surface area contributed by atoms with Crippen molar-refractivity contribution in [2.24, 2.45) is 0 Å². The van der Waals surface area contributed by atoms with E-state index in [0.29, 0.717) is 0 Å². The minimum Gasteiger partial charge on any atom is -0.343 e. The lowest BCUT2D eigenvalue weighted by Crippen LogP contribution is -2.30. The number of hydrogen-bond acceptors (Lipinski definition) is 4. The van der Waals surface area contributed by atoms with Gasteiger partial charge in [-0.2, -0.15) is 5.26 Å². The third-order valence-electron chi connectivity index (χ3n) is 2.34. The van der Waals surface area contributed by atoms with E-state index in [1.165, 1.54) is 12.1 Å². The lowest BCUT2D eigenvalue weighted by molar-refractivity contribution is -0.120. The Morgan fingerprint density at radius 1 is 1.32 bits per heavy atom. The van der Waals surface area contributed by atoms with Crippen LogP contribution < -0.4 is 10.0 Å². The van der Waals surface area contributed by atoms with Crippen molar-refractivity contribution >= 4 is 15.9 Å². The van der Waals surface area contributed by atoms with Crippen molar-refractivity contribution in [1.29, 1.82) is 5.26 Å². The van der Waals surface area contributed by atoms with Crippen LogP contribution in [0.5, 0.6) is 0 Å². The van der Waals surface area contributed by atoms with Gasteiger partial charge in [-0.25, -0.2) is 13.1 Å². The molecule has 0 unspecified atom stereocenters. The van der Waals surface area contributed by atoms with E-state index in [-0.39, 0.29) is 30.3 Å². The predicted molar refractivity (Wildman–Crippen MR) is 69.6 cm³/mol. The number of nitrogens with zero attached hydrogens (tertiary/aromatic N) is 1. The number of hydrogen-bond donors (Lipinski definition) is 2. The maximum absolute atomic E-state index is 11.8. The van der Waals surface area contributed by atoms with E-state index >= 15 is 0 Å². The van der Waals surface area contributed by atoms with Crippen LogP contribution >= 0.6 is 0 Å². The Bertz CT molecular complexity index is 573. The van der Waals surface area contributed by atoms with Gasteiger partial charge in [-0.1, -0.05) is 17.7 Å². The topological polar surface area (TPSA) is 99.1 Å². The Morgan fingerprint density at radius 3 is 2.53 bits per heavy atom.